The normalized spacial score (nSPS) is 12.3. The number of aliphatic carboxylic acids is 1. The van der Waals surface area contributed by atoms with Crippen molar-refractivity contribution in [3.05, 3.63) is 12.2 Å². The summed E-state index contributed by atoms with van der Waals surface area (Å²) in [6.07, 6.45) is 29.8. The maximum atomic E-state index is 12.3. The molecule has 0 fully saturated rings. The second-order valence-electron chi connectivity index (χ2n) is 9.97. The molecule has 0 amide bonds. The lowest BCUT2D eigenvalue weighted by molar-refractivity contribution is -0.153. The first kappa shape index (κ1) is 32.7. The Labute approximate surface area is 211 Å². The molecule has 0 heterocycles. The number of esters is 1. The van der Waals surface area contributed by atoms with Crippen LogP contribution in [0.2, 0.25) is 0 Å². The van der Waals surface area contributed by atoms with Crippen molar-refractivity contribution < 1.29 is 19.4 Å². The second kappa shape index (κ2) is 26.3. The number of rotatable bonds is 26. The summed E-state index contributed by atoms with van der Waals surface area (Å²) >= 11 is 0. The van der Waals surface area contributed by atoms with E-state index in [4.69, 9.17) is 9.84 Å². The van der Waals surface area contributed by atoms with Crippen molar-refractivity contribution in [2.45, 2.75) is 155 Å². The summed E-state index contributed by atoms with van der Waals surface area (Å²) in [5, 5.41) is 9.13. The van der Waals surface area contributed by atoms with Crippen LogP contribution in [0.15, 0.2) is 12.2 Å². The molecule has 0 aromatic rings. The largest absolute Gasteiger partial charge is 0.481 e. The molecule has 0 saturated heterocycles. The zero-order valence-corrected chi connectivity index (χ0v) is 22.7. The fraction of sp³-hybridized carbons (Fsp3) is 0.867. The van der Waals surface area contributed by atoms with Crippen LogP contribution in [-0.2, 0) is 14.3 Å². The van der Waals surface area contributed by atoms with E-state index in [1.54, 1.807) is 0 Å². The Morgan fingerprint density at radius 1 is 0.647 bits per heavy atom. The maximum absolute atomic E-state index is 12.3. The van der Waals surface area contributed by atoms with Gasteiger partial charge in [0.05, 0.1) is 18.9 Å². The van der Waals surface area contributed by atoms with Gasteiger partial charge >= 0.3 is 11.9 Å². The van der Waals surface area contributed by atoms with E-state index in [2.05, 4.69) is 19.9 Å². The number of unbranched alkanes of at least 4 members (excludes halogenated alkanes) is 18. The van der Waals surface area contributed by atoms with Crippen molar-refractivity contribution in [3.63, 3.8) is 0 Å². The van der Waals surface area contributed by atoms with Crippen LogP contribution in [0.3, 0.4) is 0 Å². The average Bonchev–Trinajstić information content (AvgIpc) is 2.82. The third-order valence-electron chi connectivity index (χ3n) is 6.56. The molecule has 4 nitrogen and oxygen atoms in total. The molecule has 0 aromatic carbocycles. The third kappa shape index (κ3) is 23.8. The number of carbonyl (C=O) groups excluding carboxylic acids is 1. The fourth-order valence-corrected chi connectivity index (χ4v) is 4.30. The van der Waals surface area contributed by atoms with Crippen molar-refractivity contribution in [1.29, 1.82) is 0 Å². The van der Waals surface area contributed by atoms with Crippen LogP contribution in [-0.4, -0.2) is 23.7 Å². The predicted molar refractivity (Wildman–Crippen MR) is 144 cm³/mol. The standard InChI is InChI=1S/C30H56O4/c1-3-5-7-9-11-12-13-14-15-16-17-18-19-20-21-23-25-28(27-29(31)32)30(33)34-26-24-22-10-8-6-4-2/h21,23,28H,3-20,22,24-27H2,1-2H3,(H,31,32). The first-order valence-corrected chi connectivity index (χ1v) is 14.6. The highest BCUT2D eigenvalue weighted by Gasteiger charge is 2.21. The summed E-state index contributed by atoms with van der Waals surface area (Å²) in [6, 6.07) is 0. The van der Waals surface area contributed by atoms with Crippen LogP contribution in [0.5, 0.6) is 0 Å². The summed E-state index contributed by atoms with van der Waals surface area (Å²) < 4.78 is 5.35. The van der Waals surface area contributed by atoms with E-state index in [0.717, 1.165) is 19.3 Å². The minimum atomic E-state index is -0.939. The molecule has 200 valence electrons. The Kier molecular flexibility index (Phi) is 25.3. The molecule has 0 bridgehead atoms. The zero-order valence-electron chi connectivity index (χ0n) is 22.7. The number of ether oxygens (including phenoxy) is 1. The highest BCUT2D eigenvalue weighted by molar-refractivity contribution is 5.79. The first-order valence-electron chi connectivity index (χ1n) is 14.6. The minimum absolute atomic E-state index is 0.154. The van der Waals surface area contributed by atoms with Gasteiger partial charge in [-0.3, -0.25) is 9.59 Å². The fourth-order valence-electron chi connectivity index (χ4n) is 4.30. The Morgan fingerprint density at radius 3 is 1.56 bits per heavy atom. The molecule has 0 radical (unpaired) electrons. The summed E-state index contributed by atoms with van der Waals surface area (Å²) in [6.45, 7) is 4.87. The van der Waals surface area contributed by atoms with Gasteiger partial charge in [0.2, 0.25) is 0 Å². The summed E-state index contributed by atoms with van der Waals surface area (Å²) in [4.78, 5) is 23.4. The van der Waals surface area contributed by atoms with Crippen LogP contribution in [0.25, 0.3) is 0 Å². The lowest BCUT2D eigenvalue weighted by Gasteiger charge is -2.12. The van der Waals surface area contributed by atoms with Crippen molar-refractivity contribution in [2.24, 2.45) is 5.92 Å². The molecule has 0 rings (SSSR count). The van der Waals surface area contributed by atoms with Gasteiger partial charge in [-0.15, -0.1) is 0 Å². The molecule has 0 aliphatic heterocycles. The molecule has 0 aliphatic rings. The topological polar surface area (TPSA) is 63.6 Å². The van der Waals surface area contributed by atoms with Crippen LogP contribution < -0.4 is 0 Å². The van der Waals surface area contributed by atoms with Gasteiger partial charge in [0.25, 0.3) is 0 Å². The lowest BCUT2D eigenvalue weighted by Crippen LogP contribution is -2.21. The zero-order chi connectivity index (χ0) is 25.1. The highest BCUT2D eigenvalue weighted by Crippen LogP contribution is 2.15. The number of hydrogen-bond acceptors (Lipinski definition) is 3. The van der Waals surface area contributed by atoms with Crippen LogP contribution in [0.4, 0.5) is 0 Å². The molecule has 0 aromatic heterocycles. The van der Waals surface area contributed by atoms with E-state index in [1.807, 2.05) is 6.08 Å². The van der Waals surface area contributed by atoms with Crippen LogP contribution >= 0.6 is 0 Å². The maximum Gasteiger partial charge on any atom is 0.309 e. The third-order valence-corrected chi connectivity index (χ3v) is 6.56. The quantitative estimate of drug-likeness (QED) is 0.0760. The molecule has 1 atom stereocenters. The second-order valence-corrected chi connectivity index (χ2v) is 9.97. The van der Waals surface area contributed by atoms with E-state index in [-0.39, 0.29) is 12.4 Å². The Bertz CT molecular complexity index is 486. The summed E-state index contributed by atoms with van der Waals surface area (Å²) in [7, 11) is 0. The molecule has 0 saturated carbocycles. The molecular formula is C30H56O4. The van der Waals surface area contributed by atoms with Gasteiger partial charge < -0.3 is 9.84 Å². The van der Waals surface area contributed by atoms with Gasteiger partial charge in [-0.05, 0) is 25.7 Å². The molecule has 0 spiro atoms. The molecular weight excluding hydrogens is 424 g/mol. The molecule has 4 heteroatoms. The minimum Gasteiger partial charge on any atom is -0.481 e. The molecule has 34 heavy (non-hydrogen) atoms. The monoisotopic (exact) mass is 480 g/mol. The van der Waals surface area contributed by atoms with E-state index >= 15 is 0 Å². The average molecular weight is 481 g/mol. The molecule has 1 N–H and O–H groups in total. The number of carboxylic acid groups (broad SMARTS) is 1. The first-order chi connectivity index (χ1) is 16.6. The Balaban J connectivity index is 3.73. The number of allylic oxidation sites excluding steroid dienone is 2. The van der Waals surface area contributed by atoms with Crippen LogP contribution in [0.1, 0.15) is 155 Å². The summed E-state index contributed by atoms with van der Waals surface area (Å²) in [5.41, 5.74) is 0. The number of carbonyl (C=O) groups is 2. The van der Waals surface area contributed by atoms with Crippen LogP contribution in [0, 0.1) is 5.92 Å². The van der Waals surface area contributed by atoms with Crippen molar-refractivity contribution in [1.82, 2.24) is 0 Å². The molecule has 1 unspecified atom stereocenters. The molecule has 0 aliphatic carbocycles. The van der Waals surface area contributed by atoms with Gasteiger partial charge in [0.15, 0.2) is 0 Å². The Hall–Kier alpha value is -1.32. The smallest absolute Gasteiger partial charge is 0.309 e. The summed E-state index contributed by atoms with van der Waals surface area (Å²) in [5.74, 6) is -1.87. The van der Waals surface area contributed by atoms with E-state index < -0.39 is 11.9 Å². The highest BCUT2D eigenvalue weighted by atomic mass is 16.5. The number of hydrogen-bond donors (Lipinski definition) is 1. The SMILES string of the molecule is CCCCCCCCCCCCCCCC=CCC(CC(=O)O)C(=O)OCCCCCCCC. The van der Waals surface area contributed by atoms with Gasteiger partial charge in [0.1, 0.15) is 0 Å². The van der Waals surface area contributed by atoms with Crippen molar-refractivity contribution >= 4 is 11.9 Å². The van der Waals surface area contributed by atoms with Crippen molar-refractivity contribution in [2.75, 3.05) is 6.61 Å². The van der Waals surface area contributed by atoms with Gasteiger partial charge in [-0.1, -0.05) is 135 Å². The van der Waals surface area contributed by atoms with Crippen molar-refractivity contribution in [3.8, 4) is 0 Å². The number of carboxylic acids is 1. The Morgan fingerprint density at radius 2 is 1.09 bits per heavy atom. The van der Waals surface area contributed by atoms with E-state index in [1.165, 1.54) is 109 Å². The van der Waals surface area contributed by atoms with E-state index in [9.17, 15) is 9.59 Å². The predicted octanol–water partition coefficient (Wildman–Crippen LogP) is 9.41. The van der Waals surface area contributed by atoms with E-state index in [0.29, 0.717) is 13.0 Å². The van der Waals surface area contributed by atoms with Gasteiger partial charge in [-0.2, -0.15) is 0 Å². The van der Waals surface area contributed by atoms with Gasteiger partial charge in [-0.25, -0.2) is 0 Å². The lowest BCUT2D eigenvalue weighted by atomic mass is 10.0. The van der Waals surface area contributed by atoms with Gasteiger partial charge in [0, 0.05) is 0 Å².